The predicted molar refractivity (Wildman–Crippen MR) is 63.9 cm³/mol. The molecule has 2 aliphatic rings. The number of hydrogen-bond donors (Lipinski definition) is 1. The van der Waals surface area contributed by atoms with Gasteiger partial charge in [0.05, 0.1) is 12.3 Å². The van der Waals surface area contributed by atoms with E-state index in [4.69, 9.17) is 10.5 Å². The third-order valence-corrected chi connectivity index (χ3v) is 3.51. The van der Waals surface area contributed by atoms with Crippen LogP contribution in [-0.4, -0.2) is 17.5 Å². The topological polar surface area (TPSA) is 65.2 Å². The highest BCUT2D eigenvalue weighted by molar-refractivity contribution is 6.21. The molecule has 1 aliphatic carbocycles. The van der Waals surface area contributed by atoms with E-state index in [2.05, 4.69) is 4.98 Å². The Bertz CT molecular complexity index is 624. The van der Waals surface area contributed by atoms with E-state index < -0.39 is 12.3 Å². The first-order chi connectivity index (χ1) is 9.00. The lowest BCUT2D eigenvalue weighted by Crippen LogP contribution is -2.15. The number of rotatable bonds is 2. The summed E-state index contributed by atoms with van der Waals surface area (Å²) in [7, 11) is 0. The number of allylic oxidation sites excluding steroid dienone is 1. The Morgan fingerprint density at radius 3 is 2.84 bits per heavy atom. The van der Waals surface area contributed by atoms with E-state index in [0.29, 0.717) is 42.0 Å². The largest absolute Gasteiger partial charge is 0.491 e. The molecular weight excluding hydrogens is 254 g/mol. The Kier molecular flexibility index (Phi) is 2.55. The molecule has 4 nitrogen and oxygen atoms in total. The smallest absolute Gasteiger partial charge is 0.281 e. The summed E-state index contributed by atoms with van der Waals surface area (Å²) in [6.45, 7) is 2.16. The third kappa shape index (κ3) is 1.63. The minimum atomic E-state index is -2.74. The van der Waals surface area contributed by atoms with Crippen molar-refractivity contribution in [2.75, 3.05) is 6.61 Å². The van der Waals surface area contributed by atoms with Gasteiger partial charge in [-0.1, -0.05) is 5.57 Å². The lowest BCUT2D eigenvalue weighted by molar-refractivity contribution is -0.112. The Morgan fingerprint density at radius 2 is 2.21 bits per heavy atom. The summed E-state index contributed by atoms with van der Waals surface area (Å²) >= 11 is 0. The zero-order valence-corrected chi connectivity index (χ0v) is 10.3. The van der Waals surface area contributed by atoms with E-state index in [1.54, 1.807) is 6.92 Å². The summed E-state index contributed by atoms with van der Waals surface area (Å²) in [5.74, 6) is -0.145. The number of primary amides is 1. The molecule has 0 radical (unpaired) electrons. The number of halogens is 2. The maximum atomic E-state index is 13.2. The van der Waals surface area contributed by atoms with E-state index >= 15 is 0 Å². The number of pyridine rings is 1. The maximum absolute atomic E-state index is 13.2. The van der Waals surface area contributed by atoms with Crippen molar-refractivity contribution in [1.29, 1.82) is 0 Å². The minimum absolute atomic E-state index is 0.163. The Labute approximate surface area is 108 Å². The summed E-state index contributed by atoms with van der Waals surface area (Å²) in [6.07, 6.45) is -1.80. The fourth-order valence-corrected chi connectivity index (χ4v) is 2.79. The van der Waals surface area contributed by atoms with E-state index in [-0.39, 0.29) is 16.8 Å². The highest BCUT2D eigenvalue weighted by Crippen LogP contribution is 2.44. The van der Waals surface area contributed by atoms with Gasteiger partial charge in [-0.3, -0.25) is 4.79 Å². The van der Waals surface area contributed by atoms with Gasteiger partial charge in [-0.25, -0.2) is 13.8 Å². The number of nitrogens with two attached hydrogens (primary N) is 1. The van der Waals surface area contributed by atoms with Gasteiger partial charge in [-0.05, 0) is 13.3 Å². The van der Waals surface area contributed by atoms with Crippen molar-refractivity contribution >= 4 is 11.5 Å². The fraction of sp³-hybridized carbons (Fsp3) is 0.385. The summed E-state index contributed by atoms with van der Waals surface area (Å²) in [5.41, 5.74) is 7.16. The molecule has 0 atom stereocenters. The first-order valence-corrected chi connectivity index (χ1v) is 5.97. The quantitative estimate of drug-likeness (QED) is 0.887. The van der Waals surface area contributed by atoms with Gasteiger partial charge in [0.25, 0.3) is 6.43 Å². The van der Waals surface area contributed by atoms with Crippen LogP contribution >= 0.6 is 0 Å². The van der Waals surface area contributed by atoms with Gasteiger partial charge in [0.2, 0.25) is 5.91 Å². The molecule has 100 valence electrons. The van der Waals surface area contributed by atoms with Gasteiger partial charge in [-0.2, -0.15) is 0 Å². The lowest BCUT2D eigenvalue weighted by atomic mass is 10.0. The molecule has 1 aliphatic heterocycles. The molecule has 0 fully saturated rings. The van der Waals surface area contributed by atoms with Gasteiger partial charge in [0, 0.05) is 23.1 Å². The van der Waals surface area contributed by atoms with Crippen LogP contribution in [0, 0.1) is 0 Å². The van der Waals surface area contributed by atoms with Gasteiger partial charge in [0.15, 0.2) is 0 Å². The standard InChI is InChI=1S/C13H12F2N2O2/c1-5-4-6-9(8(5)13(16)18)10(12(14)15)17-7-2-3-19-11(6)7/h12H,2-4H2,1H3,(H2,16,18). The highest BCUT2D eigenvalue weighted by atomic mass is 19.3. The van der Waals surface area contributed by atoms with Crippen molar-refractivity contribution in [3.63, 3.8) is 0 Å². The van der Waals surface area contributed by atoms with Gasteiger partial charge < -0.3 is 10.5 Å². The first kappa shape index (κ1) is 12.1. The molecule has 0 bridgehead atoms. The number of fused-ring (bicyclic) bond motifs is 3. The van der Waals surface area contributed by atoms with Crippen molar-refractivity contribution in [1.82, 2.24) is 4.98 Å². The maximum Gasteiger partial charge on any atom is 0.281 e. The van der Waals surface area contributed by atoms with Gasteiger partial charge in [-0.15, -0.1) is 0 Å². The Hall–Kier alpha value is -1.98. The van der Waals surface area contributed by atoms with Crippen LogP contribution in [0.25, 0.3) is 5.57 Å². The second-order valence-electron chi connectivity index (χ2n) is 4.72. The number of amides is 1. The van der Waals surface area contributed by atoms with Crippen LogP contribution in [-0.2, 0) is 17.6 Å². The number of alkyl halides is 2. The summed E-state index contributed by atoms with van der Waals surface area (Å²) in [5, 5.41) is 0. The number of ether oxygens (including phenoxy) is 1. The van der Waals surface area contributed by atoms with Crippen LogP contribution in [0.15, 0.2) is 5.57 Å². The second kappa shape index (κ2) is 4.01. The fourth-order valence-electron chi connectivity index (χ4n) is 2.79. The molecule has 2 N–H and O–H groups in total. The van der Waals surface area contributed by atoms with Crippen LogP contribution in [0.2, 0.25) is 0 Å². The SMILES string of the molecule is CC1=C(C(N)=O)c2c(C(F)F)nc3c(c2C1)OCC3. The number of carbonyl (C=O) groups excluding carboxylic acids is 1. The van der Waals surface area contributed by atoms with Gasteiger partial charge in [0.1, 0.15) is 11.4 Å². The second-order valence-corrected chi connectivity index (χ2v) is 4.72. The number of carbonyl (C=O) groups is 1. The molecule has 1 amide bonds. The summed E-state index contributed by atoms with van der Waals surface area (Å²) in [4.78, 5) is 15.5. The summed E-state index contributed by atoms with van der Waals surface area (Å²) in [6, 6.07) is 0. The highest BCUT2D eigenvalue weighted by Gasteiger charge is 2.35. The van der Waals surface area contributed by atoms with Crippen molar-refractivity contribution in [3.05, 3.63) is 28.1 Å². The molecule has 0 unspecified atom stereocenters. The molecule has 19 heavy (non-hydrogen) atoms. The van der Waals surface area contributed by atoms with E-state index in [1.165, 1.54) is 0 Å². The van der Waals surface area contributed by atoms with E-state index in [1.807, 2.05) is 0 Å². The summed E-state index contributed by atoms with van der Waals surface area (Å²) < 4.78 is 31.8. The molecule has 6 heteroatoms. The lowest BCUT2D eigenvalue weighted by Gasteiger charge is -2.12. The van der Waals surface area contributed by atoms with Crippen molar-refractivity contribution < 1.29 is 18.3 Å². The Morgan fingerprint density at radius 1 is 1.47 bits per heavy atom. The zero-order valence-electron chi connectivity index (χ0n) is 10.3. The molecule has 0 aromatic carbocycles. The van der Waals surface area contributed by atoms with Crippen molar-refractivity contribution in [3.8, 4) is 5.75 Å². The van der Waals surface area contributed by atoms with Crippen LogP contribution in [0.3, 0.4) is 0 Å². The number of aromatic nitrogens is 1. The van der Waals surface area contributed by atoms with Crippen molar-refractivity contribution in [2.24, 2.45) is 5.73 Å². The van der Waals surface area contributed by atoms with E-state index in [9.17, 15) is 13.6 Å². The van der Waals surface area contributed by atoms with Crippen LogP contribution in [0.1, 0.15) is 35.9 Å². The molecule has 0 saturated carbocycles. The van der Waals surface area contributed by atoms with Crippen LogP contribution in [0.5, 0.6) is 5.75 Å². The molecule has 0 saturated heterocycles. The number of nitrogens with zero attached hydrogens (tertiary/aromatic N) is 1. The molecule has 1 aromatic heterocycles. The molecule has 3 rings (SSSR count). The normalized spacial score (nSPS) is 16.6. The molecule has 2 heterocycles. The average Bonchev–Trinajstić information content (AvgIpc) is 2.89. The minimum Gasteiger partial charge on any atom is -0.491 e. The predicted octanol–water partition coefficient (Wildman–Crippen LogP) is 1.77. The molecular formula is C13H12F2N2O2. The first-order valence-electron chi connectivity index (χ1n) is 5.97. The van der Waals surface area contributed by atoms with Gasteiger partial charge >= 0.3 is 0 Å². The monoisotopic (exact) mass is 266 g/mol. The van der Waals surface area contributed by atoms with Crippen LogP contribution < -0.4 is 10.5 Å². The Balaban J connectivity index is 2.30. The van der Waals surface area contributed by atoms with E-state index in [0.717, 1.165) is 0 Å². The average molecular weight is 266 g/mol. The molecule has 0 spiro atoms. The third-order valence-electron chi connectivity index (χ3n) is 3.51. The van der Waals surface area contributed by atoms with Crippen molar-refractivity contribution in [2.45, 2.75) is 26.2 Å². The molecule has 1 aromatic rings. The zero-order chi connectivity index (χ0) is 13.7. The van der Waals surface area contributed by atoms with Crippen LogP contribution in [0.4, 0.5) is 8.78 Å². The number of hydrogen-bond acceptors (Lipinski definition) is 3.